The van der Waals surface area contributed by atoms with Gasteiger partial charge in [0.1, 0.15) is 19.3 Å². The Morgan fingerprint density at radius 3 is 1.23 bits per heavy atom. The molecule has 3 atom stereocenters. The van der Waals surface area contributed by atoms with Crippen molar-refractivity contribution in [2.24, 2.45) is 0 Å². The lowest BCUT2D eigenvalue weighted by Gasteiger charge is -2.30. The number of esters is 1. The maximum atomic E-state index is 13.5. The van der Waals surface area contributed by atoms with Crippen LogP contribution in [0.5, 0.6) is 0 Å². The molecule has 0 saturated heterocycles. The highest BCUT2D eigenvalue weighted by atomic mass is 31.2. The van der Waals surface area contributed by atoms with Crippen LogP contribution in [0.25, 0.3) is 0 Å². The van der Waals surface area contributed by atoms with Crippen molar-refractivity contribution >= 4 is 19.7 Å². The number of unbranched alkanes of at least 4 members (excludes halogenated alkanes) is 24. The zero-order valence-electron chi connectivity index (χ0n) is 52.9. The summed E-state index contributed by atoms with van der Waals surface area (Å²) in [5, 5.41) is 2.98. The normalized spacial score (nSPS) is 14.4. The fourth-order valence-electron chi connectivity index (χ4n) is 8.85. The minimum Gasteiger partial charge on any atom is -0.756 e. The van der Waals surface area contributed by atoms with Gasteiger partial charge in [-0.2, -0.15) is 0 Å². The number of quaternary nitrogens is 1. The third-order valence-corrected chi connectivity index (χ3v) is 14.9. The Hall–Kier alpha value is -3.59. The molecular weight excluding hydrogens is 1020 g/mol. The van der Waals surface area contributed by atoms with Crippen molar-refractivity contribution in [3.05, 3.63) is 122 Å². The van der Waals surface area contributed by atoms with E-state index in [2.05, 4.69) is 123 Å². The summed E-state index contributed by atoms with van der Waals surface area (Å²) in [6.07, 6.45) is 83.3. The van der Waals surface area contributed by atoms with Crippen LogP contribution in [0.15, 0.2) is 122 Å². The Labute approximate surface area is 499 Å². The van der Waals surface area contributed by atoms with Gasteiger partial charge in [0.25, 0.3) is 7.82 Å². The van der Waals surface area contributed by atoms with E-state index < -0.39 is 26.6 Å². The second-order valence-corrected chi connectivity index (χ2v) is 24.3. The number of hydrogen-bond acceptors (Lipinski definition) is 7. The molecule has 9 nitrogen and oxygen atoms in total. The number of phosphoric ester groups is 1. The van der Waals surface area contributed by atoms with Crippen LogP contribution in [0, 0.1) is 0 Å². The van der Waals surface area contributed by atoms with Crippen molar-refractivity contribution in [2.45, 2.75) is 277 Å². The molecule has 0 aromatic heterocycles. The van der Waals surface area contributed by atoms with E-state index in [4.69, 9.17) is 13.8 Å². The minimum absolute atomic E-state index is 0.0423. The lowest BCUT2D eigenvalue weighted by atomic mass is 10.0. The predicted octanol–water partition coefficient (Wildman–Crippen LogP) is 20.0. The molecule has 0 aromatic carbocycles. The SMILES string of the molecule is CC/C=C\C/C=C\C/C=C\C/C=C\C/C=C\C/C=C\CCC(=O)NC(COP(=O)([O-])OCC[N+](C)(C)C)C(/C=C/CCCCCCCCCCCCC)OC(=O)CCCCCCCCCCCC/C=C\C/C=C\C/C=C\CCCCC. The number of phosphoric acid groups is 1. The predicted molar refractivity (Wildman–Crippen MR) is 348 cm³/mol. The number of hydrogen-bond donors (Lipinski definition) is 1. The van der Waals surface area contributed by atoms with Crippen LogP contribution >= 0.6 is 7.82 Å². The van der Waals surface area contributed by atoms with Crippen LogP contribution in [-0.2, 0) is 27.9 Å². The smallest absolute Gasteiger partial charge is 0.306 e. The van der Waals surface area contributed by atoms with Gasteiger partial charge in [0, 0.05) is 12.8 Å². The fourth-order valence-corrected chi connectivity index (χ4v) is 9.57. The van der Waals surface area contributed by atoms with E-state index >= 15 is 0 Å². The molecule has 0 fully saturated rings. The van der Waals surface area contributed by atoms with Gasteiger partial charge in [0.05, 0.1) is 33.8 Å². The number of amides is 1. The number of carbonyl (C=O) groups excluding carboxylic acids is 2. The van der Waals surface area contributed by atoms with Gasteiger partial charge in [-0.05, 0) is 109 Å². The molecule has 0 heterocycles. The molecule has 1 amide bonds. The molecule has 0 aliphatic heterocycles. The Kier molecular flexibility index (Phi) is 56.9. The number of likely N-dealkylation sites (N-methyl/N-ethyl adjacent to an activating group) is 1. The van der Waals surface area contributed by atoms with Crippen LogP contribution in [-0.4, -0.2) is 69.4 Å². The van der Waals surface area contributed by atoms with Gasteiger partial charge >= 0.3 is 5.97 Å². The Morgan fingerprint density at radius 1 is 0.444 bits per heavy atom. The monoisotopic (exact) mass is 1150 g/mol. The van der Waals surface area contributed by atoms with E-state index in [1.165, 1.54) is 122 Å². The molecule has 0 aromatic rings. The first-order valence-electron chi connectivity index (χ1n) is 32.8. The summed E-state index contributed by atoms with van der Waals surface area (Å²) < 4.78 is 30.3. The van der Waals surface area contributed by atoms with Gasteiger partial charge in [-0.1, -0.05) is 265 Å². The van der Waals surface area contributed by atoms with Crippen molar-refractivity contribution in [2.75, 3.05) is 40.9 Å². The van der Waals surface area contributed by atoms with E-state index in [0.29, 0.717) is 23.9 Å². The maximum absolute atomic E-state index is 13.5. The first-order chi connectivity index (χ1) is 39.4. The summed E-state index contributed by atoms with van der Waals surface area (Å²) in [6.45, 7) is 6.64. The summed E-state index contributed by atoms with van der Waals surface area (Å²) >= 11 is 0. The molecule has 81 heavy (non-hydrogen) atoms. The molecule has 0 spiro atoms. The van der Waals surface area contributed by atoms with Gasteiger partial charge in [-0.15, -0.1) is 0 Å². The molecule has 0 bridgehead atoms. The van der Waals surface area contributed by atoms with Crippen LogP contribution in [0.4, 0.5) is 0 Å². The minimum atomic E-state index is -4.73. The lowest BCUT2D eigenvalue weighted by Crippen LogP contribution is -2.47. The second kappa shape index (κ2) is 59.6. The second-order valence-electron chi connectivity index (χ2n) is 22.9. The first kappa shape index (κ1) is 77.4. The maximum Gasteiger partial charge on any atom is 0.306 e. The Balaban J connectivity index is 5.32. The number of rotatable bonds is 58. The highest BCUT2D eigenvalue weighted by molar-refractivity contribution is 7.45. The molecule has 464 valence electrons. The van der Waals surface area contributed by atoms with Crippen molar-refractivity contribution in [1.82, 2.24) is 5.32 Å². The van der Waals surface area contributed by atoms with E-state index in [1.54, 1.807) is 0 Å². The molecule has 0 saturated carbocycles. The van der Waals surface area contributed by atoms with Gasteiger partial charge in [-0.25, -0.2) is 0 Å². The van der Waals surface area contributed by atoms with Crippen LogP contribution in [0.3, 0.4) is 0 Å². The highest BCUT2D eigenvalue weighted by Gasteiger charge is 2.27. The largest absolute Gasteiger partial charge is 0.756 e. The van der Waals surface area contributed by atoms with Crippen LogP contribution < -0.4 is 10.2 Å². The van der Waals surface area contributed by atoms with Crippen molar-refractivity contribution in [3.63, 3.8) is 0 Å². The quantitative estimate of drug-likeness (QED) is 0.0212. The van der Waals surface area contributed by atoms with E-state index in [0.717, 1.165) is 96.3 Å². The Morgan fingerprint density at radius 2 is 0.802 bits per heavy atom. The third kappa shape index (κ3) is 60.8. The van der Waals surface area contributed by atoms with Gasteiger partial charge in [0.15, 0.2) is 0 Å². The summed E-state index contributed by atoms with van der Waals surface area (Å²) in [7, 11) is 1.12. The molecule has 0 radical (unpaired) electrons. The molecular formula is C71H123N2O7P. The summed E-state index contributed by atoms with van der Waals surface area (Å²) in [5.41, 5.74) is 0. The average molecular weight is 1150 g/mol. The number of carbonyl (C=O) groups is 2. The fraction of sp³-hybridized carbons (Fsp3) is 0.690. The summed E-state index contributed by atoms with van der Waals surface area (Å²) in [6, 6.07) is -0.939. The number of ether oxygens (including phenoxy) is 1. The zero-order chi connectivity index (χ0) is 59.3. The van der Waals surface area contributed by atoms with E-state index in [9.17, 15) is 19.0 Å². The van der Waals surface area contributed by atoms with Crippen molar-refractivity contribution in [1.29, 1.82) is 0 Å². The van der Waals surface area contributed by atoms with Crippen molar-refractivity contribution < 1.29 is 37.3 Å². The Bertz CT molecular complexity index is 1800. The topological polar surface area (TPSA) is 114 Å². The molecule has 10 heteroatoms. The first-order valence-corrected chi connectivity index (χ1v) is 34.3. The van der Waals surface area contributed by atoms with Gasteiger partial charge < -0.3 is 28.5 Å². The van der Waals surface area contributed by atoms with Gasteiger partial charge in [0.2, 0.25) is 5.91 Å². The van der Waals surface area contributed by atoms with Crippen molar-refractivity contribution in [3.8, 4) is 0 Å². The molecule has 0 rings (SSSR count). The molecule has 0 aliphatic carbocycles. The summed E-state index contributed by atoms with van der Waals surface area (Å²) in [5.74, 6) is -0.647. The zero-order valence-corrected chi connectivity index (χ0v) is 53.8. The van der Waals surface area contributed by atoms with E-state index in [1.807, 2.05) is 45.4 Å². The molecule has 3 unspecified atom stereocenters. The van der Waals surface area contributed by atoms with Crippen LogP contribution in [0.2, 0.25) is 0 Å². The molecule has 1 N–H and O–H groups in total. The third-order valence-electron chi connectivity index (χ3n) is 13.9. The average Bonchev–Trinajstić information content (AvgIpc) is 3.44. The molecule has 0 aliphatic rings. The van der Waals surface area contributed by atoms with E-state index in [-0.39, 0.29) is 31.3 Å². The standard InChI is InChI=1S/C71H123N2O7P/c1-7-10-13-16-19-22-25-28-30-32-34-35-36-37-39-41-43-46-49-52-55-58-61-64-71(75)80-69(62-59-56-53-50-47-44-27-24-21-18-15-12-9-3)68(67-79-81(76,77)78-66-65-73(4,5)6)72-70(74)63-60-57-54-51-48-45-42-40-38-33-31-29-26-23-20-17-14-11-8-2/h11,14,19-20,22-23,28-31,34-35,38,40,45,48,54,57,59,62,68-69H,7-10,12-13,15-18,21,24-27,32-33,36-37,39,41-44,46-47,49-53,55-56,58,60-61,63-67H2,1-6H3,(H-,72,74,76,77)/b14-11-,22-19-,23-20-,30-28-,31-29-,35-34-,40-38-,48-45-,57-54-,62-59+. The number of nitrogens with one attached hydrogen (secondary N) is 1. The van der Waals surface area contributed by atoms with Crippen LogP contribution in [0.1, 0.15) is 265 Å². The number of nitrogens with zero attached hydrogens (tertiary/aromatic N) is 1. The number of allylic oxidation sites excluding steroid dienone is 19. The highest BCUT2D eigenvalue weighted by Crippen LogP contribution is 2.38. The lowest BCUT2D eigenvalue weighted by molar-refractivity contribution is -0.870. The van der Waals surface area contributed by atoms with Gasteiger partial charge in [-0.3, -0.25) is 14.2 Å². The summed E-state index contributed by atoms with van der Waals surface area (Å²) in [4.78, 5) is 40.1.